The van der Waals surface area contributed by atoms with Gasteiger partial charge in [-0.2, -0.15) is 0 Å². The quantitative estimate of drug-likeness (QED) is 0.161. The standard InChI is InChI=1S/C40H30O6/c1-25-17-33(39-31(29-9-5-3-6-10-29)21-37(41)45-35(39)19-25)43-23-27-13-15-28(16-14-27)24-44-34-18-26(2)20-36-40(34)32(22-38(42)46-36)30-11-7-4-8-12-30/h3-22H,23-24H2,1-2H3. The van der Waals surface area contributed by atoms with E-state index in [9.17, 15) is 9.59 Å². The number of rotatable bonds is 8. The molecule has 0 radical (unpaired) electrons. The third-order valence-corrected chi connectivity index (χ3v) is 7.89. The molecular formula is C40H30O6. The van der Waals surface area contributed by atoms with Crippen molar-refractivity contribution in [1.82, 2.24) is 0 Å². The van der Waals surface area contributed by atoms with Crippen LogP contribution >= 0.6 is 0 Å². The van der Waals surface area contributed by atoms with Crippen LogP contribution in [-0.2, 0) is 13.2 Å². The van der Waals surface area contributed by atoms with Gasteiger partial charge in [0.05, 0.1) is 10.8 Å². The van der Waals surface area contributed by atoms with Crippen LogP contribution in [0.2, 0.25) is 0 Å². The second kappa shape index (κ2) is 12.3. The molecule has 0 N–H and O–H groups in total. The van der Waals surface area contributed by atoms with Gasteiger partial charge in [0.2, 0.25) is 0 Å². The Bertz CT molecular complexity index is 2140. The van der Waals surface area contributed by atoms with Crippen LogP contribution < -0.4 is 20.7 Å². The SMILES string of the molecule is Cc1cc(OCc2ccc(COc3cc(C)cc4oc(=O)cc(-c5ccccc5)c34)cc2)c2c(-c3ccccc3)cc(=O)oc2c1. The minimum absolute atomic E-state index is 0.328. The first-order chi connectivity index (χ1) is 22.4. The van der Waals surface area contributed by atoms with Crippen molar-refractivity contribution in [2.24, 2.45) is 0 Å². The first kappa shape index (κ1) is 28.9. The molecule has 0 aliphatic heterocycles. The average Bonchev–Trinajstić information content (AvgIpc) is 3.06. The fraction of sp³-hybridized carbons (Fsp3) is 0.100. The molecule has 0 aliphatic rings. The molecule has 6 heteroatoms. The van der Waals surface area contributed by atoms with Gasteiger partial charge in [-0.05, 0) is 71.5 Å². The maximum absolute atomic E-state index is 12.4. The Morgan fingerprint density at radius 2 is 0.891 bits per heavy atom. The van der Waals surface area contributed by atoms with Crippen LogP contribution in [0.25, 0.3) is 44.2 Å². The Kier molecular flexibility index (Phi) is 7.69. The Hall–Kier alpha value is -5.88. The van der Waals surface area contributed by atoms with Crippen molar-refractivity contribution in [2.45, 2.75) is 27.1 Å². The van der Waals surface area contributed by atoms with Crippen molar-refractivity contribution >= 4 is 21.9 Å². The summed E-state index contributed by atoms with van der Waals surface area (Å²) in [6.45, 7) is 4.55. The van der Waals surface area contributed by atoms with Crippen molar-refractivity contribution in [3.63, 3.8) is 0 Å². The largest absolute Gasteiger partial charge is 0.488 e. The van der Waals surface area contributed by atoms with Crippen LogP contribution in [0.1, 0.15) is 22.3 Å². The molecule has 0 bridgehead atoms. The molecule has 0 amide bonds. The number of ether oxygens (including phenoxy) is 2. The van der Waals surface area contributed by atoms with E-state index in [1.807, 2.05) is 123 Å². The molecule has 2 heterocycles. The first-order valence-electron chi connectivity index (χ1n) is 15.0. The second-order valence-electron chi connectivity index (χ2n) is 11.4. The summed E-state index contributed by atoms with van der Waals surface area (Å²) in [5.41, 5.74) is 7.37. The van der Waals surface area contributed by atoms with Crippen molar-refractivity contribution < 1.29 is 18.3 Å². The van der Waals surface area contributed by atoms with Crippen molar-refractivity contribution in [2.75, 3.05) is 0 Å². The highest BCUT2D eigenvalue weighted by atomic mass is 16.5. The van der Waals surface area contributed by atoms with Crippen molar-refractivity contribution in [3.8, 4) is 33.8 Å². The molecule has 7 aromatic rings. The molecule has 5 aromatic carbocycles. The molecule has 0 unspecified atom stereocenters. The van der Waals surface area contributed by atoms with Gasteiger partial charge in [-0.15, -0.1) is 0 Å². The van der Waals surface area contributed by atoms with E-state index < -0.39 is 11.3 Å². The average molecular weight is 607 g/mol. The van der Waals surface area contributed by atoms with Crippen molar-refractivity contribution in [3.05, 3.63) is 164 Å². The number of benzene rings is 5. The van der Waals surface area contributed by atoms with Gasteiger partial charge in [0.1, 0.15) is 35.9 Å². The maximum Gasteiger partial charge on any atom is 0.336 e. The molecule has 0 atom stereocenters. The van der Waals surface area contributed by atoms with Crippen molar-refractivity contribution in [1.29, 1.82) is 0 Å². The lowest BCUT2D eigenvalue weighted by atomic mass is 10.0. The normalized spacial score (nSPS) is 11.2. The number of fused-ring (bicyclic) bond motifs is 2. The summed E-state index contributed by atoms with van der Waals surface area (Å²) in [5.74, 6) is 1.30. The van der Waals surface area contributed by atoms with Gasteiger partial charge in [-0.25, -0.2) is 9.59 Å². The first-order valence-corrected chi connectivity index (χ1v) is 15.0. The topological polar surface area (TPSA) is 78.9 Å². The Labute approximate surface area is 265 Å². The van der Waals surface area contributed by atoms with E-state index in [0.717, 1.165) is 55.3 Å². The van der Waals surface area contributed by atoms with Gasteiger partial charge in [0.15, 0.2) is 0 Å². The predicted molar refractivity (Wildman–Crippen MR) is 180 cm³/mol. The molecule has 0 saturated heterocycles. The number of hydrogen-bond acceptors (Lipinski definition) is 6. The Morgan fingerprint density at radius 1 is 0.500 bits per heavy atom. The fourth-order valence-corrected chi connectivity index (χ4v) is 5.76. The van der Waals surface area contributed by atoms with E-state index in [2.05, 4.69) is 0 Å². The Morgan fingerprint density at radius 3 is 1.28 bits per heavy atom. The van der Waals surface area contributed by atoms with E-state index in [1.165, 1.54) is 12.1 Å². The number of hydrogen-bond donors (Lipinski definition) is 0. The zero-order valence-corrected chi connectivity index (χ0v) is 25.4. The smallest absolute Gasteiger partial charge is 0.336 e. The zero-order valence-electron chi connectivity index (χ0n) is 25.4. The lowest BCUT2D eigenvalue weighted by Crippen LogP contribution is -2.03. The highest BCUT2D eigenvalue weighted by Gasteiger charge is 2.16. The molecule has 0 aliphatic carbocycles. The van der Waals surface area contributed by atoms with Gasteiger partial charge in [-0.1, -0.05) is 84.9 Å². The van der Waals surface area contributed by atoms with Crippen LogP contribution in [0, 0.1) is 13.8 Å². The highest BCUT2D eigenvalue weighted by Crippen LogP contribution is 2.37. The molecule has 2 aromatic heterocycles. The van der Waals surface area contributed by atoms with E-state index >= 15 is 0 Å². The molecule has 226 valence electrons. The summed E-state index contributed by atoms with van der Waals surface area (Å²) in [5, 5.41) is 1.52. The summed E-state index contributed by atoms with van der Waals surface area (Å²) in [4.78, 5) is 24.8. The molecule has 0 spiro atoms. The summed E-state index contributed by atoms with van der Waals surface area (Å²) in [6, 6.07) is 38.3. The Balaban J connectivity index is 1.13. The lowest BCUT2D eigenvalue weighted by Gasteiger charge is -2.15. The summed E-state index contributed by atoms with van der Waals surface area (Å²) < 4.78 is 23.9. The third-order valence-electron chi connectivity index (χ3n) is 7.89. The van der Waals surface area contributed by atoms with Crippen LogP contribution in [0.3, 0.4) is 0 Å². The minimum Gasteiger partial charge on any atom is -0.488 e. The van der Waals surface area contributed by atoms with Crippen LogP contribution in [0.5, 0.6) is 11.5 Å². The van der Waals surface area contributed by atoms with Crippen LogP contribution in [-0.4, -0.2) is 0 Å². The van der Waals surface area contributed by atoms with Gasteiger partial charge in [0.25, 0.3) is 0 Å². The molecule has 0 fully saturated rings. The number of aryl methyl sites for hydroxylation is 2. The summed E-state index contributed by atoms with van der Waals surface area (Å²) >= 11 is 0. The van der Waals surface area contributed by atoms with Gasteiger partial charge in [-0.3, -0.25) is 0 Å². The maximum atomic E-state index is 12.4. The fourth-order valence-electron chi connectivity index (χ4n) is 5.76. The molecule has 7 rings (SSSR count). The summed E-state index contributed by atoms with van der Waals surface area (Å²) in [7, 11) is 0. The second-order valence-corrected chi connectivity index (χ2v) is 11.4. The van der Waals surface area contributed by atoms with E-state index in [0.29, 0.717) is 35.9 Å². The monoisotopic (exact) mass is 606 g/mol. The summed E-state index contributed by atoms with van der Waals surface area (Å²) in [6.07, 6.45) is 0. The lowest BCUT2D eigenvalue weighted by molar-refractivity contribution is 0.306. The van der Waals surface area contributed by atoms with Gasteiger partial charge in [0, 0.05) is 23.3 Å². The van der Waals surface area contributed by atoms with E-state index in [1.54, 1.807) is 0 Å². The zero-order chi connectivity index (χ0) is 31.6. The molecular weight excluding hydrogens is 576 g/mol. The van der Waals surface area contributed by atoms with Gasteiger partial charge >= 0.3 is 11.3 Å². The van der Waals surface area contributed by atoms with E-state index in [-0.39, 0.29) is 0 Å². The van der Waals surface area contributed by atoms with Crippen LogP contribution in [0.4, 0.5) is 0 Å². The third kappa shape index (κ3) is 5.93. The van der Waals surface area contributed by atoms with E-state index in [4.69, 9.17) is 18.3 Å². The molecule has 0 saturated carbocycles. The van der Waals surface area contributed by atoms with Gasteiger partial charge < -0.3 is 18.3 Å². The predicted octanol–water partition coefficient (Wildman–Crippen LogP) is 9.01. The van der Waals surface area contributed by atoms with Crippen LogP contribution in [0.15, 0.2) is 140 Å². The highest BCUT2D eigenvalue weighted by molar-refractivity contribution is 5.99. The molecule has 46 heavy (non-hydrogen) atoms. The minimum atomic E-state index is -0.403. The molecule has 6 nitrogen and oxygen atoms in total.